The molecule has 4 aliphatic rings. The fraction of sp³-hybridized carbons (Fsp3) is 0.364. The third-order valence-electron chi connectivity index (χ3n) is 8.81. The molecule has 2 aliphatic heterocycles. The molecule has 2 aliphatic carbocycles. The van der Waals surface area contributed by atoms with Gasteiger partial charge < -0.3 is 24.8 Å². The standard InChI is InChI=1S/C22H23.C11H14SSi.2ClH.Zr/c1-16-14-20-8-5-9-21(22(20)15-16)19-12-10-18(11-13-19)17-6-3-2-4-7-17;1-6-5-8-9(12-6)11-7(2)10(8)13(11,3)4;;;/h5,8-15,17H,2-4,6-7H2,1H3;5,10H,1-4H3;2*1H;/q-1;;;;+3/p-2. The summed E-state index contributed by atoms with van der Waals surface area (Å²) in [6.07, 6.45) is 6.97. The van der Waals surface area contributed by atoms with E-state index in [-0.39, 0.29) is 51.0 Å². The van der Waals surface area contributed by atoms with Crippen LogP contribution in [0.4, 0.5) is 0 Å². The van der Waals surface area contributed by atoms with Gasteiger partial charge in [0.05, 0.1) is 8.07 Å². The maximum atomic E-state index is 2.52. The zero-order valence-corrected chi connectivity index (χ0v) is 28.9. The van der Waals surface area contributed by atoms with E-state index in [1.54, 1.807) is 21.2 Å². The van der Waals surface area contributed by atoms with Crippen molar-refractivity contribution in [3.63, 3.8) is 0 Å². The molecule has 38 heavy (non-hydrogen) atoms. The fourth-order valence-electron chi connectivity index (χ4n) is 7.30. The maximum absolute atomic E-state index is 2.52. The molecule has 2 bridgehead atoms. The summed E-state index contributed by atoms with van der Waals surface area (Å²) in [6, 6.07) is 23.0. The second kappa shape index (κ2) is 12.4. The summed E-state index contributed by atoms with van der Waals surface area (Å²) >= 11 is 2.01. The topological polar surface area (TPSA) is 0 Å². The van der Waals surface area contributed by atoms with Gasteiger partial charge in [-0.1, -0.05) is 80.7 Å². The molecule has 1 atom stereocenters. The van der Waals surface area contributed by atoms with Crippen molar-refractivity contribution >= 4 is 35.4 Å². The molecule has 0 spiro atoms. The van der Waals surface area contributed by atoms with E-state index < -0.39 is 8.07 Å². The van der Waals surface area contributed by atoms with Crippen molar-refractivity contribution in [1.29, 1.82) is 0 Å². The predicted molar refractivity (Wildman–Crippen MR) is 157 cm³/mol. The van der Waals surface area contributed by atoms with Gasteiger partial charge in [0.25, 0.3) is 0 Å². The van der Waals surface area contributed by atoms with Crippen LogP contribution >= 0.6 is 11.3 Å². The van der Waals surface area contributed by atoms with Gasteiger partial charge >= 0.3 is 26.2 Å². The summed E-state index contributed by atoms with van der Waals surface area (Å²) in [5.74, 6) is 0.791. The van der Waals surface area contributed by atoms with E-state index >= 15 is 0 Å². The quantitative estimate of drug-likeness (QED) is 0.223. The average molecular weight is 656 g/mol. The van der Waals surface area contributed by atoms with E-state index in [4.69, 9.17) is 0 Å². The smallest absolute Gasteiger partial charge is 1.00 e. The van der Waals surface area contributed by atoms with Crippen molar-refractivity contribution in [1.82, 2.24) is 0 Å². The third-order valence-corrected chi connectivity index (χ3v) is 14.2. The zero-order valence-electron chi connectivity index (χ0n) is 23.1. The molecule has 0 saturated heterocycles. The van der Waals surface area contributed by atoms with Gasteiger partial charge in [0.1, 0.15) is 0 Å². The molecule has 1 fully saturated rings. The molecule has 197 valence electrons. The van der Waals surface area contributed by atoms with Crippen LogP contribution in [0.1, 0.15) is 76.9 Å². The van der Waals surface area contributed by atoms with Crippen LogP contribution < -0.4 is 24.8 Å². The number of hydrogen-bond donors (Lipinski definition) is 0. The number of fused-ring (bicyclic) bond motifs is 1. The first kappa shape index (κ1) is 31.7. The van der Waals surface area contributed by atoms with Crippen LogP contribution in [-0.4, -0.2) is 8.07 Å². The van der Waals surface area contributed by atoms with Gasteiger partial charge in [-0.2, -0.15) is 6.07 Å². The Morgan fingerprint density at radius 2 is 1.55 bits per heavy atom. The van der Waals surface area contributed by atoms with E-state index in [1.165, 1.54) is 70.0 Å². The Labute approximate surface area is 265 Å². The van der Waals surface area contributed by atoms with E-state index in [1.807, 2.05) is 11.3 Å². The van der Waals surface area contributed by atoms with Crippen LogP contribution in [0.15, 0.2) is 66.2 Å². The minimum atomic E-state index is -0.995. The first-order valence-electron chi connectivity index (χ1n) is 13.4. The van der Waals surface area contributed by atoms with E-state index in [2.05, 4.69) is 94.5 Å². The van der Waals surface area contributed by atoms with E-state index in [0.29, 0.717) is 0 Å². The van der Waals surface area contributed by atoms with Crippen LogP contribution in [0.5, 0.6) is 0 Å². The number of hydrogen-bond acceptors (Lipinski definition) is 1. The van der Waals surface area contributed by atoms with Crippen molar-refractivity contribution in [2.45, 2.75) is 77.4 Å². The summed E-state index contributed by atoms with van der Waals surface area (Å²) < 4.78 is 0. The monoisotopic (exact) mass is 653 g/mol. The molecule has 1 saturated carbocycles. The second-order valence-corrected chi connectivity index (χ2v) is 17.4. The van der Waals surface area contributed by atoms with Gasteiger partial charge in [-0.25, -0.2) is 0 Å². The molecule has 1 radical (unpaired) electrons. The van der Waals surface area contributed by atoms with Crippen molar-refractivity contribution < 1.29 is 51.0 Å². The van der Waals surface area contributed by atoms with Crippen LogP contribution in [0.25, 0.3) is 27.1 Å². The first-order chi connectivity index (χ1) is 16.8. The zero-order chi connectivity index (χ0) is 24.3. The number of allylic oxidation sites excluding steroid dienone is 1. The van der Waals surface area contributed by atoms with Gasteiger partial charge in [0.2, 0.25) is 0 Å². The summed E-state index contributed by atoms with van der Waals surface area (Å²) in [6.45, 7) is 11.8. The molecule has 0 nitrogen and oxygen atoms in total. The normalized spacial score (nSPS) is 18.8. The number of thiophene rings is 1. The fourth-order valence-corrected chi connectivity index (χ4v) is 13.6. The van der Waals surface area contributed by atoms with Gasteiger partial charge in [-0.05, 0) is 60.6 Å². The molecule has 1 unspecified atom stereocenters. The second-order valence-electron chi connectivity index (χ2n) is 11.7. The summed E-state index contributed by atoms with van der Waals surface area (Å²) in [5.41, 5.74) is 9.83. The number of rotatable bonds is 2. The molecule has 8 rings (SSSR count). The Kier molecular flexibility index (Phi) is 10.3. The van der Waals surface area contributed by atoms with Crippen LogP contribution in [0.3, 0.4) is 0 Å². The Morgan fingerprint density at radius 3 is 2.18 bits per heavy atom. The van der Waals surface area contributed by atoms with E-state index in [9.17, 15) is 0 Å². The van der Waals surface area contributed by atoms with Gasteiger partial charge in [-0.15, -0.1) is 45.9 Å². The Bertz CT molecular complexity index is 1440. The van der Waals surface area contributed by atoms with Gasteiger partial charge in [0, 0.05) is 15.3 Å². The molecular formula is C33H37Cl2SSiZr. The van der Waals surface area contributed by atoms with Crippen molar-refractivity contribution in [2.75, 3.05) is 0 Å². The van der Waals surface area contributed by atoms with Gasteiger partial charge in [-0.3, -0.25) is 0 Å². The predicted octanol–water partition coefficient (Wildman–Crippen LogP) is 4.31. The molecule has 0 amide bonds. The Morgan fingerprint density at radius 1 is 0.868 bits per heavy atom. The molecular weight excluding hydrogens is 619 g/mol. The van der Waals surface area contributed by atoms with Crippen LogP contribution in [-0.2, 0) is 26.2 Å². The van der Waals surface area contributed by atoms with Crippen molar-refractivity contribution in [2.24, 2.45) is 0 Å². The van der Waals surface area contributed by atoms with Crippen LogP contribution in [0, 0.1) is 13.8 Å². The largest absolute Gasteiger partial charge is 3.00 e. The minimum absolute atomic E-state index is 0. The Hall–Kier alpha value is -0.830. The SMILES string of the molecule is CC1=C2c3sc(C)cc3C1[Si]2(C)C.Cc1cc2c(-c3ccc(C4CCCCC4)cc3)cccc2[cH-]1.[Cl-].[Cl-].[Zr+3]. The van der Waals surface area contributed by atoms with Gasteiger partial charge in [0.15, 0.2) is 0 Å². The number of benzene rings is 2. The minimum Gasteiger partial charge on any atom is -1.00 e. The number of aryl methyl sites for hydroxylation is 2. The molecule has 1 aromatic heterocycles. The van der Waals surface area contributed by atoms with Crippen molar-refractivity contribution in [3.8, 4) is 11.1 Å². The number of halogens is 2. The van der Waals surface area contributed by atoms with E-state index in [0.717, 1.165) is 11.5 Å². The molecule has 4 aromatic rings. The summed E-state index contributed by atoms with van der Waals surface area (Å²) in [7, 11) is -0.995. The molecule has 3 heterocycles. The maximum Gasteiger partial charge on any atom is 3.00 e. The molecule has 5 heteroatoms. The molecule has 3 aromatic carbocycles. The van der Waals surface area contributed by atoms with Crippen LogP contribution in [0.2, 0.25) is 13.1 Å². The summed E-state index contributed by atoms with van der Waals surface area (Å²) in [4.78, 5) is 3.14. The third kappa shape index (κ3) is 5.40. The van der Waals surface area contributed by atoms with Crippen molar-refractivity contribution in [3.05, 3.63) is 92.7 Å². The first-order valence-corrected chi connectivity index (χ1v) is 17.3. The molecule has 0 N–H and O–H groups in total. The average Bonchev–Trinajstić information content (AvgIpc) is 3.53. The summed E-state index contributed by atoms with van der Waals surface area (Å²) in [5, 5.41) is 4.52. The Balaban J connectivity index is 0.000000216.